The molecule has 5 nitrogen and oxygen atoms in total. The van der Waals surface area contributed by atoms with Crippen LogP contribution >= 0.6 is 0 Å². The van der Waals surface area contributed by atoms with Gasteiger partial charge in [-0.15, -0.1) is 0 Å². The molecule has 0 aliphatic carbocycles. The Bertz CT molecular complexity index is 356. The highest BCUT2D eigenvalue weighted by atomic mass is 16.2. The van der Waals surface area contributed by atoms with E-state index in [1.54, 1.807) is 6.92 Å². The van der Waals surface area contributed by atoms with E-state index in [0.29, 0.717) is 11.9 Å². The molecule has 0 unspecified atom stereocenters. The van der Waals surface area contributed by atoms with Crippen molar-refractivity contribution in [1.82, 2.24) is 14.7 Å². The highest BCUT2D eigenvalue weighted by Crippen LogP contribution is 2.22. The molecule has 0 saturated carbocycles. The molecular formula is C15H27N3O2. The number of piperidine rings is 2. The van der Waals surface area contributed by atoms with Crippen molar-refractivity contribution in [2.24, 2.45) is 5.92 Å². The molecule has 2 aliphatic heterocycles. The summed E-state index contributed by atoms with van der Waals surface area (Å²) < 4.78 is 0. The number of rotatable bonds is 2. The summed E-state index contributed by atoms with van der Waals surface area (Å²) in [7, 11) is 3.98. The van der Waals surface area contributed by atoms with Crippen LogP contribution in [0.2, 0.25) is 0 Å². The second-order valence-electron chi connectivity index (χ2n) is 6.26. The maximum atomic E-state index is 12.5. The molecule has 2 aliphatic rings. The molecule has 0 radical (unpaired) electrons. The van der Waals surface area contributed by atoms with Crippen molar-refractivity contribution in [2.75, 3.05) is 40.3 Å². The van der Waals surface area contributed by atoms with Gasteiger partial charge in [-0.1, -0.05) is 0 Å². The van der Waals surface area contributed by atoms with Crippen molar-refractivity contribution in [3.8, 4) is 0 Å². The number of carbonyl (C=O) groups excluding carboxylic acids is 2. The van der Waals surface area contributed by atoms with E-state index in [9.17, 15) is 9.59 Å². The van der Waals surface area contributed by atoms with Gasteiger partial charge in [0.05, 0.1) is 0 Å². The van der Waals surface area contributed by atoms with Crippen LogP contribution in [0.15, 0.2) is 0 Å². The topological polar surface area (TPSA) is 43.9 Å². The fourth-order valence-electron chi connectivity index (χ4n) is 3.24. The van der Waals surface area contributed by atoms with Gasteiger partial charge in [0.1, 0.15) is 0 Å². The summed E-state index contributed by atoms with van der Waals surface area (Å²) in [5, 5.41) is 0. The Hall–Kier alpha value is -1.10. The zero-order valence-electron chi connectivity index (χ0n) is 13.0. The van der Waals surface area contributed by atoms with Crippen molar-refractivity contribution in [2.45, 2.75) is 38.6 Å². The van der Waals surface area contributed by atoms with Crippen molar-refractivity contribution in [1.29, 1.82) is 0 Å². The fraction of sp³-hybridized carbons (Fsp3) is 0.867. The largest absolute Gasteiger partial charge is 0.343 e. The van der Waals surface area contributed by atoms with Crippen LogP contribution in [0.5, 0.6) is 0 Å². The van der Waals surface area contributed by atoms with Crippen molar-refractivity contribution in [3.63, 3.8) is 0 Å². The Morgan fingerprint density at radius 2 is 1.55 bits per heavy atom. The summed E-state index contributed by atoms with van der Waals surface area (Å²) in [6.07, 6.45) is 3.80. The maximum absolute atomic E-state index is 12.5. The molecule has 0 N–H and O–H groups in total. The Morgan fingerprint density at radius 1 is 1.00 bits per heavy atom. The monoisotopic (exact) mass is 281 g/mol. The Kier molecular flexibility index (Phi) is 5.02. The van der Waals surface area contributed by atoms with Gasteiger partial charge in [-0.2, -0.15) is 0 Å². The number of hydrogen-bond donors (Lipinski definition) is 0. The molecule has 0 atom stereocenters. The number of nitrogens with zero attached hydrogens (tertiary/aromatic N) is 3. The molecule has 0 aromatic rings. The lowest BCUT2D eigenvalue weighted by molar-refractivity contribution is -0.139. The molecule has 20 heavy (non-hydrogen) atoms. The van der Waals surface area contributed by atoms with Gasteiger partial charge in [0, 0.05) is 39.0 Å². The van der Waals surface area contributed by atoms with Crippen LogP contribution in [0.3, 0.4) is 0 Å². The van der Waals surface area contributed by atoms with Gasteiger partial charge in [-0.05, 0) is 45.8 Å². The lowest BCUT2D eigenvalue weighted by Crippen LogP contribution is -2.49. The molecule has 2 saturated heterocycles. The van der Waals surface area contributed by atoms with E-state index < -0.39 is 0 Å². The molecule has 5 heteroatoms. The van der Waals surface area contributed by atoms with Gasteiger partial charge < -0.3 is 14.7 Å². The average molecular weight is 281 g/mol. The van der Waals surface area contributed by atoms with Gasteiger partial charge >= 0.3 is 0 Å². The average Bonchev–Trinajstić information content (AvgIpc) is 2.46. The van der Waals surface area contributed by atoms with Crippen molar-refractivity contribution in [3.05, 3.63) is 0 Å². The standard InChI is InChI=1S/C15H27N3O2/c1-12(19)17(3)14-6-10-18(11-7-14)15(20)13-4-8-16(2)9-5-13/h13-14H,4-11H2,1-3H3. The van der Waals surface area contributed by atoms with Gasteiger partial charge in [0.15, 0.2) is 0 Å². The maximum Gasteiger partial charge on any atom is 0.225 e. The van der Waals surface area contributed by atoms with Crippen molar-refractivity contribution >= 4 is 11.8 Å². The Balaban J connectivity index is 1.81. The zero-order chi connectivity index (χ0) is 14.7. The highest BCUT2D eigenvalue weighted by Gasteiger charge is 2.31. The van der Waals surface area contributed by atoms with Crippen LogP contribution in [-0.4, -0.2) is 72.8 Å². The minimum Gasteiger partial charge on any atom is -0.343 e. The SMILES string of the molecule is CC(=O)N(C)C1CCN(C(=O)C2CCN(C)CC2)CC1. The van der Waals surface area contributed by atoms with E-state index in [2.05, 4.69) is 11.9 Å². The molecule has 0 aromatic heterocycles. The van der Waals surface area contributed by atoms with Crippen LogP contribution in [0.1, 0.15) is 32.6 Å². The number of carbonyl (C=O) groups is 2. The minimum absolute atomic E-state index is 0.116. The molecule has 2 rings (SSSR count). The van der Waals surface area contributed by atoms with E-state index >= 15 is 0 Å². The first-order chi connectivity index (χ1) is 9.49. The third-order valence-electron chi connectivity index (χ3n) is 4.89. The minimum atomic E-state index is 0.116. The van der Waals surface area contributed by atoms with Crippen LogP contribution < -0.4 is 0 Å². The molecule has 2 amide bonds. The zero-order valence-corrected chi connectivity index (χ0v) is 13.0. The highest BCUT2D eigenvalue weighted by molar-refractivity contribution is 5.79. The van der Waals surface area contributed by atoms with E-state index in [4.69, 9.17) is 0 Å². The second kappa shape index (κ2) is 6.57. The predicted octanol–water partition coefficient (Wildman–Crippen LogP) is 0.798. The van der Waals surface area contributed by atoms with E-state index in [0.717, 1.165) is 51.9 Å². The van der Waals surface area contributed by atoms with Gasteiger partial charge in [-0.25, -0.2) is 0 Å². The van der Waals surface area contributed by atoms with Crippen molar-refractivity contribution < 1.29 is 9.59 Å². The summed E-state index contributed by atoms with van der Waals surface area (Å²) in [5.74, 6) is 0.667. The van der Waals surface area contributed by atoms with Crippen LogP contribution in [0.4, 0.5) is 0 Å². The van der Waals surface area contributed by atoms with Gasteiger partial charge in [-0.3, -0.25) is 9.59 Å². The lowest BCUT2D eigenvalue weighted by Gasteiger charge is -2.39. The number of likely N-dealkylation sites (tertiary alicyclic amines) is 2. The van der Waals surface area contributed by atoms with Gasteiger partial charge in [0.25, 0.3) is 0 Å². The third kappa shape index (κ3) is 3.51. The fourth-order valence-corrected chi connectivity index (χ4v) is 3.24. The predicted molar refractivity (Wildman–Crippen MR) is 78.3 cm³/mol. The summed E-state index contributed by atoms with van der Waals surface area (Å²) in [6, 6.07) is 0.300. The first-order valence-corrected chi connectivity index (χ1v) is 7.69. The van der Waals surface area contributed by atoms with Crippen LogP contribution in [0.25, 0.3) is 0 Å². The normalized spacial score (nSPS) is 22.9. The molecule has 2 heterocycles. The number of hydrogen-bond acceptors (Lipinski definition) is 3. The first-order valence-electron chi connectivity index (χ1n) is 7.69. The van der Waals surface area contributed by atoms with E-state index in [1.807, 2.05) is 16.8 Å². The molecular weight excluding hydrogens is 254 g/mol. The molecule has 2 fully saturated rings. The molecule has 114 valence electrons. The van der Waals surface area contributed by atoms with Crippen LogP contribution in [-0.2, 0) is 9.59 Å². The Labute approximate surface area is 121 Å². The summed E-state index contributed by atoms with van der Waals surface area (Å²) >= 11 is 0. The second-order valence-corrected chi connectivity index (χ2v) is 6.26. The van der Waals surface area contributed by atoms with E-state index in [1.165, 1.54) is 0 Å². The molecule has 0 bridgehead atoms. The third-order valence-corrected chi connectivity index (χ3v) is 4.89. The smallest absolute Gasteiger partial charge is 0.225 e. The summed E-state index contributed by atoms with van der Waals surface area (Å²) in [5.41, 5.74) is 0. The van der Waals surface area contributed by atoms with Crippen LogP contribution in [0, 0.1) is 5.92 Å². The first kappa shape index (κ1) is 15.3. The summed E-state index contributed by atoms with van der Waals surface area (Å²) in [6.45, 7) is 5.26. The Morgan fingerprint density at radius 3 is 2.05 bits per heavy atom. The van der Waals surface area contributed by atoms with E-state index in [-0.39, 0.29) is 11.8 Å². The lowest BCUT2D eigenvalue weighted by atomic mass is 9.94. The molecule has 0 spiro atoms. The van der Waals surface area contributed by atoms with Gasteiger partial charge in [0.2, 0.25) is 11.8 Å². The quantitative estimate of drug-likeness (QED) is 0.752. The summed E-state index contributed by atoms with van der Waals surface area (Å²) in [4.78, 5) is 30.0. The number of amides is 2. The molecule has 0 aromatic carbocycles.